The minimum atomic E-state index is 0.626. The molecular weight excluding hydrogens is 896 g/mol. The Morgan fingerprint density at radius 1 is 0.468 bits per heavy atom. The highest BCUT2D eigenvalue weighted by atomic mass is 79.9. The van der Waals surface area contributed by atoms with E-state index >= 15 is 0 Å². The summed E-state index contributed by atoms with van der Waals surface area (Å²) in [6.07, 6.45) is 10.0. The van der Waals surface area contributed by atoms with E-state index in [1.165, 1.54) is 0 Å². The van der Waals surface area contributed by atoms with Crippen molar-refractivity contribution in [3.8, 4) is 57.4 Å². The van der Waals surface area contributed by atoms with E-state index in [4.69, 9.17) is 19.4 Å². The van der Waals surface area contributed by atoms with Crippen LogP contribution in [0.25, 0.3) is 68.6 Å². The summed E-state index contributed by atoms with van der Waals surface area (Å²) in [6, 6.07) is 41.0. The van der Waals surface area contributed by atoms with Gasteiger partial charge in [0.1, 0.15) is 11.5 Å². The number of nitrogens with one attached hydrogen (secondary N) is 2. The quantitative estimate of drug-likeness (QED) is 0.149. The zero-order valence-corrected chi connectivity index (χ0v) is 37.3. The maximum absolute atomic E-state index is 5.99. The molecule has 4 aromatic carbocycles. The summed E-state index contributed by atoms with van der Waals surface area (Å²) in [5.74, 6) is 15.5. The highest BCUT2D eigenvalue weighted by molar-refractivity contribution is 9.10. The van der Waals surface area contributed by atoms with Gasteiger partial charge in [-0.15, -0.1) is 0 Å². The third-order valence-electron chi connectivity index (χ3n) is 10.2. The van der Waals surface area contributed by atoms with E-state index in [2.05, 4.69) is 140 Å². The van der Waals surface area contributed by atoms with Crippen molar-refractivity contribution in [1.29, 1.82) is 0 Å². The fourth-order valence-electron chi connectivity index (χ4n) is 7.43. The van der Waals surface area contributed by atoms with Crippen LogP contribution in [-0.4, -0.2) is 33.1 Å². The molecule has 0 spiro atoms. The summed E-state index contributed by atoms with van der Waals surface area (Å²) in [6.45, 7) is 5.44. The lowest BCUT2D eigenvalue weighted by molar-refractivity contribution is 0.317. The molecule has 6 nitrogen and oxygen atoms in total. The smallest absolute Gasteiger partial charge is 0.121 e. The number of nitrogens with zero attached hydrogens (tertiary/aromatic N) is 2. The van der Waals surface area contributed by atoms with Gasteiger partial charge in [-0.1, -0.05) is 130 Å². The number of rotatable bonds is 8. The van der Waals surface area contributed by atoms with Gasteiger partial charge in [0.05, 0.1) is 58.1 Å². The molecule has 0 atom stereocenters. The predicted molar refractivity (Wildman–Crippen MR) is 262 cm³/mol. The van der Waals surface area contributed by atoms with Gasteiger partial charge >= 0.3 is 0 Å². The number of H-pyrrole nitrogens is 2. The second-order valence-electron chi connectivity index (χ2n) is 14.8. The normalized spacial score (nSPS) is 11.4. The average molecular weight is 937 g/mol. The van der Waals surface area contributed by atoms with Crippen molar-refractivity contribution in [3.05, 3.63) is 175 Å². The summed E-state index contributed by atoms with van der Waals surface area (Å²) >= 11 is 7.33. The second kappa shape index (κ2) is 18.4. The van der Waals surface area contributed by atoms with Gasteiger partial charge in [-0.05, 0) is 109 Å². The lowest BCUT2D eigenvalue weighted by Crippen LogP contribution is -1.95. The first-order chi connectivity index (χ1) is 30.4. The largest absolute Gasteiger partial charge is 0.494 e. The molecule has 2 N–H and O–H groups in total. The van der Waals surface area contributed by atoms with Crippen molar-refractivity contribution in [1.82, 2.24) is 19.9 Å². The van der Waals surface area contributed by atoms with Crippen molar-refractivity contribution >= 4 is 78.2 Å². The maximum atomic E-state index is 5.99. The van der Waals surface area contributed by atoms with Crippen molar-refractivity contribution in [3.63, 3.8) is 0 Å². The molecule has 62 heavy (non-hydrogen) atoms. The number of hydrogen-bond donors (Lipinski definition) is 2. The molecule has 2 aliphatic heterocycles. The molecule has 0 aliphatic carbocycles. The van der Waals surface area contributed by atoms with Gasteiger partial charge in [0.25, 0.3) is 0 Å². The average Bonchev–Trinajstić information content (AvgIpc) is 4.13. The number of aromatic nitrogens is 4. The van der Waals surface area contributed by atoms with E-state index in [-0.39, 0.29) is 0 Å². The van der Waals surface area contributed by atoms with E-state index in [1.807, 2.05) is 84.9 Å². The molecule has 0 saturated carbocycles. The Balaban J connectivity index is 1.35. The maximum Gasteiger partial charge on any atom is 0.121 e. The summed E-state index contributed by atoms with van der Waals surface area (Å²) < 4.78 is 13.8. The first-order valence-corrected chi connectivity index (χ1v) is 22.2. The Hall–Kier alpha value is -6.84. The molecule has 0 saturated heterocycles. The number of fused-ring (bicyclic) bond motifs is 8. The third-order valence-corrected chi connectivity index (χ3v) is 11.1. The number of hydrogen-bond acceptors (Lipinski definition) is 4. The fourth-order valence-corrected chi connectivity index (χ4v) is 8.38. The molecule has 2 aliphatic rings. The Bertz CT molecular complexity index is 3060. The third kappa shape index (κ3) is 8.94. The Kier molecular flexibility index (Phi) is 12.0. The molecule has 0 unspecified atom stereocenters. The van der Waals surface area contributed by atoms with Crippen LogP contribution >= 0.6 is 31.9 Å². The van der Waals surface area contributed by atoms with E-state index < -0.39 is 0 Å². The molecule has 9 rings (SSSR count). The highest BCUT2D eigenvalue weighted by Gasteiger charge is 2.18. The first kappa shape index (κ1) is 40.6. The van der Waals surface area contributed by atoms with E-state index in [1.54, 1.807) is 0 Å². The van der Waals surface area contributed by atoms with Gasteiger partial charge in [0.15, 0.2) is 0 Å². The van der Waals surface area contributed by atoms with Crippen molar-refractivity contribution in [2.75, 3.05) is 13.2 Å². The van der Waals surface area contributed by atoms with Crippen LogP contribution in [0.5, 0.6) is 11.5 Å². The molecule has 0 radical (unpaired) electrons. The van der Waals surface area contributed by atoms with Gasteiger partial charge in [0, 0.05) is 42.2 Å². The van der Waals surface area contributed by atoms with Crippen LogP contribution in [0, 0.1) is 23.7 Å². The molecular formula is C54H40Br2N4O2. The molecule has 5 heterocycles. The van der Waals surface area contributed by atoms with Crippen molar-refractivity contribution in [2.24, 2.45) is 0 Å². The Morgan fingerprint density at radius 2 is 0.887 bits per heavy atom. The second-order valence-corrected chi connectivity index (χ2v) is 16.6. The van der Waals surface area contributed by atoms with Crippen LogP contribution in [-0.2, 0) is 0 Å². The van der Waals surface area contributed by atoms with Crippen LogP contribution in [0.1, 0.15) is 71.7 Å². The minimum absolute atomic E-state index is 0.626. The monoisotopic (exact) mass is 934 g/mol. The first-order valence-electron chi connectivity index (χ1n) is 20.6. The molecule has 3 aromatic heterocycles. The van der Waals surface area contributed by atoms with Crippen LogP contribution in [0.3, 0.4) is 0 Å². The molecule has 8 heteroatoms. The lowest BCUT2D eigenvalue weighted by Gasteiger charge is -2.05. The Morgan fingerprint density at radius 3 is 1.34 bits per heavy atom. The molecule has 8 bridgehead atoms. The van der Waals surface area contributed by atoms with Crippen LogP contribution in [0.4, 0.5) is 0 Å². The van der Waals surface area contributed by atoms with Crippen LogP contribution in [0.15, 0.2) is 130 Å². The molecule has 7 aromatic rings. The molecule has 0 fully saturated rings. The van der Waals surface area contributed by atoms with Gasteiger partial charge in [-0.2, -0.15) is 0 Å². The Labute approximate surface area is 378 Å². The van der Waals surface area contributed by atoms with E-state index in [9.17, 15) is 0 Å². The lowest BCUT2D eigenvalue weighted by atomic mass is 10.0. The summed E-state index contributed by atoms with van der Waals surface area (Å²) in [4.78, 5) is 18.2. The minimum Gasteiger partial charge on any atom is -0.494 e. The van der Waals surface area contributed by atoms with Crippen LogP contribution in [0.2, 0.25) is 0 Å². The molecule has 302 valence electrons. The predicted octanol–water partition coefficient (Wildman–Crippen LogP) is 13.9. The van der Waals surface area contributed by atoms with Crippen molar-refractivity contribution < 1.29 is 9.47 Å². The van der Waals surface area contributed by atoms with E-state index in [0.29, 0.717) is 18.8 Å². The van der Waals surface area contributed by atoms with E-state index in [0.717, 1.165) is 117 Å². The zero-order chi connectivity index (χ0) is 42.4. The fraction of sp³-hybridized carbons (Fsp3) is 0.111. The van der Waals surface area contributed by atoms with Gasteiger partial charge < -0.3 is 19.4 Å². The van der Waals surface area contributed by atoms with Gasteiger partial charge in [-0.25, -0.2) is 9.97 Å². The SMILES string of the molecule is CCCOc1cc(Br)cc(C#Cc2c3nc(c(-c4ccccc4)c4ccc([nH]4)c(C#Cc4cc(Br)cc(OCCC)c4)c4ccc([nH]4)c(-c4ccccc4)c4nc2C=C4)C=C3)c1. The molecule has 0 amide bonds. The van der Waals surface area contributed by atoms with Gasteiger partial charge in [-0.3, -0.25) is 0 Å². The standard InChI is InChI=1S/C54H40Br2N4O2/c1-3-27-61-41-31-35(29-39(55)33-41)15-17-43-45-19-23-49(57-45)53(37-11-7-5-8-12-37)51-25-21-47(59-51)44(18-16-36-30-40(56)34-42(32-36)62-28-4-2)48-22-26-52(60-48)54(38-13-9-6-10-14-38)50-24-20-46(43)58-50/h5-14,19-26,29-34,57-58H,3-4,27-28H2,1-2H3. The van der Waals surface area contributed by atoms with Gasteiger partial charge in [0.2, 0.25) is 0 Å². The summed E-state index contributed by atoms with van der Waals surface area (Å²) in [7, 11) is 0. The highest BCUT2D eigenvalue weighted by Crippen LogP contribution is 2.34. The van der Waals surface area contributed by atoms with Crippen LogP contribution < -0.4 is 9.47 Å². The van der Waals surface area contributed by atoms with Crippen molar-refractivity contribution in [2.45, 2.75) is 26.7 Å². The summed E-state index contributed by atoms with van der Waals surface area (Å²) in [5, 5.41) is 0. The topological polar surface area (TPSA) is 75.8 Å². The number of benzene rings is 4. The number of ether oxygens (including phenoxy) is 2. The zero-order valence-electron chi connectivity index (χ0n) is 34.2. The summed E-state index contributed by atoms with van der Waals surface area (Å²) in [5.41, 5.74) is 13.7. The number of halogens is 2. The number of aromatic amines is 2.